The van der Waals surface area contributed by atoms with Gasteiger partial charge in [-0.25, -0.2) is 0 Å². The van der Waals surface area contributed by atoms with Crippen LogP contribution in [0.5, 0.6) is 0 Å². The van der Waals surface area contributed by atoms with Crippen LogP contribution in [0.2, 0.25) is 0 Å². The van der Waals surface area contributed by atoms with Crippen molar-refractivity contribution in [2.24, 2.45) is 40.9 Å². The molecule has 3 heterocycles. The molecule has 10 nitrogen and oxygen atoms in total. The van der Waals surface area contributed by atoms with Gasteiger partial charge in [0.05, 0.1) is 35.4 Å². The summed E-state index contributed by atoms with van der Waals surface area (Å²) in [6.07, 6.45) is -4.91. The van der Waals surface area contributed by atoms with Gasteiger partial charge in [-0.3, -0.25) is 4.90 Å². The Balaban J connectivity index is 1.39. The molecule has 0 aromatic rings. The van der Waals surface area contributed by atoms with Gasteiger partial charge in [0.25, 0.3) is 0 Å². The lowest BCUT2D eigenvalue weighted by Crippen LogP contribution is -2.77. The molecule has 0 radical (unpaired) electrons. The Morgan fingerprint density at radius 3 is 2.22 bits per heavy atom. The van der Waals surface area contributed by atoms with Crippen molar-refractivity contribution in [2.75, 3.05) is 13.1 Å². The smallest absolute Gasteiger partial charge is 0.198 e. The Morgan fingerprint density at radius 1 is 0.838 bits per heavy atom. The van der Waals surface area contributed by atoms with Crippen LogP contribution in [0.15, 0.2) is 0 Å². The van der Waals surface area contributed by atoms with Crippen LogP contribution >= 0.6 is 0 Å². The van der Waals surface area contributed by atoms with Gasteiger partial charge in [-0.15, -0.1) is 0 Å². The monoisotopic (exact) mass is 525 g/mol. The summed E-state index contributed by atoms with van der Waals surface area (Å²) in [7, 11) is 0. The predicted molar refractivity (Wildman–Crippen MR) is 128 cm³/mol. The van der Waals surface area contributed by atoms with E-state index >= 15 is 0 Å². The first-order valence-corrected chi connectivity index (χ1v) is 14.2. The SMILES string of the molecule is C[C@H]1CC[C@@H]2N(C1)C[C@@H]1[C@H]([C@@H](O)[C@H](O)[C@]3(O)[C@H]1C[C@]14O[C@@]5(O)[C@@H]([C@@H](O)[C@@H](O)[C@@H]31)[C@]4(C)CC[C@@H]5O)[C@]2(C)O. The summed E-state index contributed by atoms with van der Waals surface area (Å²) >= 11 is 0. The van der Waals surface area contributed by atoms with Gasteiger partial charge in [0, 0.05) is 36.4 Å². The molecule has 3 aliphatic heterocycles. The molecule has 4 saturated carbocycles. The van der Waals surface area contributed by atoms with Crippen molar-refractivity contribution in [3.63, 3.8) is 0 Å². The van der Waals surface area contributed by atoms with Gasteiger partial charge >= 0.3 is 0 Å². The molecule has 0 amide bonds. The molecule has 1 spiro atoms. The predicted octanol–water partition coefficient (Wildman–Crippen LogP) is -1.84. The van der Waals surface area contributed by atoms with Gasteiger partial charge < -0.3 is 45.6 Å². The van der Waals surface area contributed by atoms with Crippen molar-refractivity contribution in [2.45, 2.75) is 112 Å². The van der Waals surface area contributed by atoms with Crippen LogP contribution in [0.3, 0.4) is 0 Å². The Hall–Kier alpha value is -0.400. The number of hydrogen-bond acceptors (Lipinski definition) is 10. The minimum atomic E-state index is -2.10. The van der Waals surface area contributed by atoms with Gasteiger partial charge in [0.1, 0.15) is 17.8 Å². The van der Waals surface area contributed by atoms with Gasteiger partial charge in [-0.05, 0) is 56.8 Å². The van der Waals surface area contributed by atoms with Crippen molar-refractivity contribution >= 4 is 0 Å². The average Bonchev–Trinajstić information content (AvgIpc) is 3.13. The number of ether oxygens (including phenoxy) is 1. The molecule has 4 aliphatic carbocycles. The molecule has 10 heteroatoms. The first-order chi connectivity index (χ1) is 17.2. The van der Waals surface area contributed by atoms with Crippen LogP contribution in [-0.4, -0.2) is 118 Å². The fraction of sp³-hybridized carbons (Fsp3) is 1.00. The van der Waals surface area contributed by atoms with E-state index in [1.165, 1.54) is 0 Å². The molecule has 7 aliphatic rings. The highest BCUT2D eigenvalue weighted by molar-refractivity contribution is 5.34. The summed E-state index contributed by atoms with van der Waals surface area (Å²) < 4.78 is 6.42. The van der Waals surface area contributed by atoms with E-state index in [0.29, 0.717) is 18.9 Å². The van der Waals surface area contributed by atoms with Crippen molar-refractivity contribution in [3.05, 3.63) is 0 Å². The highest BCUT2D eigenvalue weighted by atomic mass is 16.7. The van der Waals surface area contributed by atoms with Crippen molar-refractivity contribution in [1.29, 1.82) is 0 Å². The summed E-state index contributed by atoms with van der Waals surface area (Å²) in [6, 6.07) is -0.174. The van der Waals surface area contributed by atoms with E-state index in [2.05, 4.69) is 11.8 Å². The standard InChI is InChI=1S/C27H43NO9/c1-11-4-5-14-24(3,34)16-12(10-28(14)9-11)13-8-25-21(26(13,35)22(33)17(16)30)19(32)18(31)20-23(25,2)7-6-15(29)27(20,36)37-25/h11-22,29-36H,4-10H2,1-3H3/t11-,12-,13-,14-,15-,16+,17+,18-,19+,20-,21+,22-,23-,24+,25-,26-,27+/m0/s1. The van der Waals surface area contributed by atoms with Crippen molar-refractivity contribution in [3.8, 4) is 0 Å². The van der Waals surface area contributed by atoms with E-state index in [9.17, 15) is 40.9 Å². The van der Waals surface area contributed by atoms with E-state index < -0.39 is 88.1 Å². The zero-order chi connectivity index (χ0) is 26.7. The molecule has 7 rings (SSSR count). The summed E-state index contributed by atoms with van der Waals surface area (Å²) in [5.74, 6) is -5.64. The molecule has 8 N–H and O–H groups in total. The van der Waals surface area contributed by atoms with Crippen LogP contribution in [-0.2, 0) is 4.74 Å². The molecular weight excluding hydrogens is 482 g/mol. The van der Waals surface area contributed by atoms with E-state index in [-0.39, 0.29) is 18.9 Å². The molecule has 0 aromatic heterocycles. The highest BCUT2D eigenvalue weighted by Gasteiger charge is 2.88. The molecule has 4 bridgehead atoms. The van der Waals surface area contributed by atoms with Crippen LogP contribution in [0.1, 0.15) is 52.9 Å². The third-order valence-corrected chi connectivity index (χ3v) is 12.9. The highest BCUT2D eigenvalue weighted by Crippen LogP contribution is 2.76. The molecular formula is C27H43NO9. The summed E-state index contributed by atoms with van der Waals surface area (Å²) in [5.41, 5.74) is -5.58. The molecule has 210 valence electrons. The number of nitrogens with zero attached hydrogens (tertiary/aromatic N) is 1. The second-order valence-corrected chi connectivity index (χ2v) is 14.4. The zero-order valence-corrected chi connectivity index (χ0v) is 21.8. The number of rotatable bonds is 0. The Kier molecular flexibility index (Phi) is 5.02. The topological polar surface area (TPSA) is 174 Å². The number of piperidine rings is 2. The van der Waals surface area contributed by atoms with Gasteiger partial charge in [0.2, 0.25) is 0 Å². The van der Waals surface area contributed by atoms with Crippen LogP contribution in [0.4, 0.5) is 0 Å². The average molecular weight is 526 g/mol. The second-order valence-electron chi connectivity index (χ2n) is 14.4. The maximum absolute atomic E-state index is 12.5. The van der Waals surface area contributed by atoms with Crippen LogP contribution < -0.4 is 0 Å². The summed E-state index contributed by atoms with van der Waals surface area (Å²) in [4.78, 5) is 2.25. The second kappa shape index (κ2) is 7.26. The third-order valence-electron chi connectivity index (χ3n) is 12.9. The molecule has 7 fully saturated rings. The fourth-order valence-electron chi connectivity index (χ4n) is 11.4. The normalized spacial score (nSPS) is 68.5. The van der Waals surface area contributed by atoms with Crippen LogP contribution in [0, 0.1) is 40.9 Å². The molecule has 0 unspecified atom stereocenters. The minimum absolute atomic E-state index is 0.174. The lowest BCUT2D eigenvalue weighted by molar-refractivity contribution is -0.296. The fourth-order valence-corrected chi connectivity index (χ4v) is 11.4. The maximum atomic E-state index is 12.5. The number of hydrogen-bond donors (Lipinski definition) is 8. The summed E-state index contributed by atoms with van der Waals surface area (Å²) in [6.45, 7) is 7.08. The zero-order valence-electron chi connectivity index (χ0n) is 21.8. The number of aliphatic hydroxyl groups is 8. The first kappa shape index (κ1) is 25.6. The van der Waals surface area contributed by atoms with Gasteiger partial charge in [0.15, 0.2) is 5.79 Å². The molecule has 3 saturated heterocycles. The first-order valence-electron chi connectivity index (χ1n) is 14.2. The quantitative estimate of drug-likeness (QED) is 0.179. The minimum Gasteiger partial charge on any atom is -0.390 e. The van der Waals surface area contributed by atoms with E-state index in [1.807, 2.05) is 6.92 Å². The van der Waals surface area contributed by atoms with Gasteiger partial charge in [-0.1, -0.05) is 13.8 Å². The van der Waals surface area contributed by atoms with E-state index in [4.69, 9.17) is 4.74 Å². The molecule has 0 aromatic carbocycles. The lowest BCUT2D eigenvalue weighted by atomic mass is 9.48. The Morgan fingerprint density at radius 2 is 1.51 bits per heavy atom. The number of aliphatic hydroxyl groups excluding tert-OH is 5. The summed E-state index contributed by atoms with van der Waals surface area (Å²) in [5, 5.41) is 92.8. The van der Waals surface area contributed by atoms with Crippen molar-refractivity contribution in [1.82, 2.24) is 4.90 Å². The molecule has 17 atom stereocenters. The molecule has 37 heavy (non-hydrogen) atoms. The number of fused-ring (bicyclic) bond motifs is 5. The lowest BCUT2D eigenvalue weighted by Gasteiger charge is -2.63. The Bertz CT molecular complexity index is 997. The van der Waals surface area contributed by atoms with E-state index in [1.54, 1.807) is 6.92 Å². The van der Waals surface area contributed by atoms with Crippen molar-refractivity contribution < 1.29 is 45.6 Å². The van der Waals surface area contributed by atoms with Crippen LogP contribution in [0.25, 0.3) is 0 Å². The third kappa shape index (κ3) is 2.59. The Labute approximate surface area is 216 Å². The maximum Gasteiger partial charge on any atom is 0.198 e. The van der Waals surface area contributed by atoms with E-state index in [0.717, 1.165) is 19.4 Å². The van der Waals surface area contributed by atoms with Gasteiger partial charge in [-0.2, -0.15) is 0 Å². The largest absolute Gasteiger partial charge is 0.390 e.